The van der Waals surface area contributed by atoms with Gasteiger partial charge >= 0.3 is 0 Å². The van der Waals surface area contributed by atoms with Crippen LogP contribution in [-0.4, -0.2) is 47.2 Å². The van der Waals surface area contributed by atoms with Crippen molar-refractivity contribution in [1.29, 1.82) is 0 Å². The maximum Gasteiger partial charge on any atom is 0.260 e. The minimum absolute atomic E-state index is 0.398. The largest absolute Gasteiger partial charge is 0.378 e. The molecule has 0 aromatic carbocycles. The number of ether oxygens (including phenoxy) is 1. The number of carbonyl (C=O) groups excluding carboxylic acids is 1. The molecule has 1 amide bonds. The van der Waals surface area contributed by atoms with Gasteiger partial charge in [0.2, 0.25) is 0 Å². The molecule has 3 N–H and O–H groups in total. The standard InChI is InChI=1S/C12H14N6O2S/c13-9(19)8-7-16-12(21-8)17-10-11(15-2-1-14-10)18-3-5-20-6-4-18/h1-2,7H,3-6H2,(H2,13,19)(H,14,16,17). The molecule has 1 aliphatic heterocycles. The average molecular weight is 306 g/mol. The normalized spacial score (nSPS) is 15.0. The van der Waals surface area contributed by atoms with Crippen molar-refractivity contribution in [2.24, 2.45) is 5.73 Å². The van der Waals surface area contributed by atoms with Crippen LogP contribution in [0.25, 0.3) is 0 Å². The molecule has 110 valence electrons. The van der Waals surface area contributed by atoms with Gasteiger partial charge in [0, 0.05) is 25.5 Å². The maximum atomic E-state index is 11.1. The molecule has 0 saturated carbocycles. The highest BCUT2D eigenvalue weighted by Crippen LogP contribution is 2.27. The lowest BCUT2D eigenvalue weighted by Crippen LogP contribution is -2.37. The van der Waals surface area contributed by atoms with Crippen molar-refractivity contribution in [3.05, 3.63) is 23.5 Å². The van der Waals surface area contributed by atoms with Gasteiger partial charge in [0.15, 0.2) is 16.8 Å². The second-order valence-corrected chi connectivity index (χ2v) is 5.38. The number of amides is 1. The zero-order chi connectivity index (χ0) is 14.7. The second kappa shape index (κ2) is 6.02. The van der Waals surface area contributed by atoms with E-state index in [0.29, 0.717) is 29.0 Å². The first kappa shape index (κ1) is 13.7. The fraction of sp³-hybridized carbons (Fsp3) is 0.333. The molecule has 2 aromatic heterocycles. The van der Waals surface area contributed by atoms with Gasteiger partial charge in [0.25, 0.3) is 5.91 Å². The Morgan fingerprint density at radius 2 is 2.05 bits per heavy atom. The minimum atomic E-state index is -0.493. The van der Waals surface area contributed by atoms with Crippen LogP contribution in [0.5, 0.6) is 0 Å². The van der Waals surface area contributed by atoms with Gasteiger partial charge in [0.05, 0.1) is 19.4 Å². The van der Waals surface area contributed by atoms with E-state index in [-0.39, 0.29) is 0 Å². The topological polar surface area (TPSA) is 106 Å². The van der Waals surface area contributed by atoms with E-state index >= 15 is 0 Å². The molecule has 3 rings (SSSR count). The van der Waals surface area contributed by atoms with Crippen LogP contribution in [0.3, 0.4) is 0 Å². The Labute approximate surface area is 125 Å². The van der Waals surface area contributed by atoms with E-state index in [4.69, 9.17) is 10.5 Å². The van der Waals surface area contributed by atoms with E-state index in [2.05, 4.69) is 25.2 Å². The highest BCUT2D eigenvalue weighted by Gasteiger charge is 2.18. The maximum absolute atomic E-state index is 11.1. The number of aromatic nitrogens is 3. The zero-order valence-electron chi connectivity index (χ0n) is 11.2. The van der Waals surface area contributed by atoms with Crippen LogP contribution < -0.4 is 16.0 Å². The summed E-state index contributed by atoms with van der Waals surface area (Å²) in [6.45, 7) is 2.85. The Bertz CT molecular complexity index is 640. The van der Waals surface area contributed by atoms with E-state index in [1.54, 1.807) is 12.4 Å². The van der Waals surface area contributed by atoms with Crippen LogP contribution >= 0.6 is 11.3 Å². The fourth-order valence-electron chi connectivity index (χ4n) is 1.97. The smallest absolute Gasteiger partial charge is 0.260 e. The highest BCUT2D eigenvalue weighted by atomic mass is 32.1. The summed E-state index contributed by atoms with van der Waals surface area (Å²) in [6.07, 6.45) is 4.70. The molecule has 1 saturated heterocycles. The third-order valence-corrected chi connectivity index (χ3v) is 3.89. The van der Waals surface area contributed by atoms with Crippen molar-refractivity contribution in [2.75, 3.05) is 36.5 Å². The molecule has 0 spiro atoms. The molecule has 0 radical (unpaired) electrons. The Morgan fingerprint density at radius 1 is 1.29 bits per heavy atom. The Kier molecular flexibility index (Phi) is 3.93. The molecule has 0 unspecified atom stereocenters. The van der Waals surface area contributed by atoms with Crippen molar-refractivity contribution in [3.8, 4) is 0 Å². The second-order valence-electron chi connectivity index (χ2n) is 4.35. The van der Waals surface area contributed by atoms with Gasteiger partial charge in [-0.3, -0.25) is 4.79 Å². The van der Waals surface area contributed by atoms with Gasteiger partial charge in [-0.2, -0.15) is 0 Å². The molecular weight excluding hydrogens is 292 g/mol. The number of carbonyl (C=O) groups is 1. The lowest BCUT2D eigenvalue weighted by molar-refractivity contribution is 0.100. The van der Waals surface area contributed by atoms with Crippen LogP contribution in [0.4, 0.5) is 16.8 Å². The van der Waals surface area contributed by atoms with Crippen molar-refractivity contribution in [2.45, 2.75) is 0 Å². The van der Waals surface area contributed by atoms with E-state index in [9.17, 15) is 4.79 Å². The third kappa shape index (κ3) is 3.09. The molecule has 9 heteroatoms. The molecule has 1 aliphatic rings. The van der Waals surface area contributed by atoms with Gasteiger partial charge in [-0.25, -0.2) is 15.0 Å². The number of nitrogens with one attached hydrogen (secondary N) is 1. The summed E-state index contributed by atoms with van der Waals surface area (Å²) < 4.78 is 5.34. The molecule has 2 aromatic rings. The number of rotatable bonds is 4. The summed E-state index contributed by atoms with van der Waals surface area (Å²) in [5.41, 5.74) is 5.22. The first-order valence-corrected chi connectivity index (χ1v) is 7.22. The van der Waals surface area contributed by atoms with E-state index < -0.39 is 5.91 Å². The summed E-state index contributed by atoms with van der Waals surface area (Å²) in [6, 6.07) is 0. The molecule has 0 atom stereocenters. The van der Waals surface area contributed by atoms with Gasteiger partial charge in [0.1, 0.15) is 4.88 Å². The van der Waals surface area contributed by atoms with Crippen LogP contribution in [0.15, 0.2) is 18.6 Å². The third-order valence-electron chi connectivity index (χ3n) is 2.96. The summed E-state index contributed by atoms with van der Waals surface area (Å²) in [5.74, 6) is 0.856. The highest BCUT2D eigenvalue weighted by molar-refractivity contribution is 7.17. The summed E-state index contributed by atoms with van der Waals surface area (Å²) in [4.78, 5) is 26.4. The van der Waals surface area contributed by atoms with Gasteiger partial charge in [-0.05, 0) is 0 Å². The molecule has 21 heavy (non-hydrogen) atoms. The molecule has 0 bridgehead atoms. The lowest BCUT2D eigenvalue weighted by atomic mass is 10.4. The number of hydrogen-bond acceptors (Lipinski definition) is 8. The van der Waals surface area contributed by atoms with E-state index in [0.717, 1.165) is 18.9 Å². The number of nitrogens with two attached hydrogens (primary N) is 1. The Morgan fingerprint density at radius 3 is 2.76 bits per heavy atom. The number of hydrogen-bond donors (Lipinski definition) is 2. The number of nitrogens with zero attached hydrogens (tertiary/aromatic N) is 4. The van der Waals surface area contributed by atoms with Crippen LogP contribution in [0.1, 0.15) is 9.67 Å². The van der Waals surface area contributed by atoms with Gasteiger partial charge < -0.3 is 20.7 Å². The SMILES string of the molecule is NC(=O)c1cnc(Nc2nccnc2N2CCOCC2)s1. The summed E-state index contributed by atoms with van der Waals surface area (Å²) >= 11 is 1.18. The Balaban J connectivity index is 1.82. The van der Waals surface area contributed by atoms with Crippen molar-refractivity contribution in [1.82, 2.24) is 15.0 Å². The first-order valence-electron chi connectivity index (χ1n) is 6.40. The predicted molar refractivity (Wildman–Crippen MR) is 79.0 cm³/mol. The van der Waals surface area contributed by atoms with Crippen molar-refractivity contribution in [3.63, 3.8) is 0 Å². The first-order chi connectivity index (χ1) is 10.2. The average Bonchev–Trinajstić information content (AvgIpc) is 2.98. The zero-order valence-corrected chi connectivity index (χ0v) is 12.0. The molecule has 0 aliphatic carbocycles. The van der Waals surface area contributed by atoms with Crippen LogP contribution in [0.2, 0.25) is 0 Å². The number of primary amides is 1. The summed E-state index contributed by atoms with van der Waals surface area (Å²) in [7, 11) is 0. The number of thiazole rings is 1. The van der Waals surface area contributed by atoms with E-state index in [1.807, 2.05) is 0 Å². The molecule has 3 heterocycles. The molecule has 1 fully saturated rings. The lowest BCUT2D eigenvalue weighted by Gasteiger charge is -2.28. The van der Waals surface area contributed by atoms with E-state index in [1.165, 1.54) is 17.5 Å². The van der Waals surface area contributed by atoms with Gasteiger partial charge in [-0.1, -0.05) is 11.3 Å². The quantitative estimate of drug-likeness (QED) is 0.852. The Hall–Kier alpha value is -2.26. The minimum Gasteiger partial charge on any atom is -0.378 e. The van der Waals surface area contributed by atoms with Crippen LogP contribution in [-0.2, 0) is 4.74 Å². The fourth-order valence-corrected chi connectivity index (χ4v) is 2.64. The molecular formula is C12H14N6O2S. The summed E-state index contributed by atoms with van der Waals surface area (Å²) in [5, 5.41) is 3.64. The van der Waals surface area contributed by atoms with Gasteiger partial charge in [-0.15, -0.1) is 0 Å². The number of anilines is 3. The molecule has 8 nitrogen and oxygen atoms in total. The predicted octanol–water partition coefficient (Wildman–Crippen LogP) is 0.612. The van der Waals surface area contributed by atoms with Crippen LogP contribution in [0, 0.1) is 0 Å². The van der Waals surface area contributed by atoms with Crippen molar-refractivity contribution >= 4 is 34.0 Å². The van der Waals surface area contributed by atoms with Crippen molar-refractivity contribution < 1.29 is 9.53 Å². The monoisotopic (exact) mass is 306 g/mol. The number of morpholine rings is 1.